The van der Waals surface area contributed by atoms with Crippen molar-refractivity contribution in [1.29, 1.82) is 0 Å². The van der Waals surface area contributed by atoms with Gasteiger partial charge in [0.2, 0.25) is 5.88 Å². The number of methoxy groups -OCH3 is 1. The molecule has 1 aliphatic carbocycles. The molecule has 1 aromatic heterocycles. The maximum atomic E-state index is 5.15. The van der Waals surface area contributed by atoms with Crippen molar-refractivity contribution in [3.63, 3.8) is 0 Å². The van der Waals surface area contributed by atoms with Gasteiger partial charge in [0.25, 0.3) is 0 Å². The summed E-state index contributed by atoms with van der Waals surface area (Å²) in [5, 5.41) is 0. The van der Waals surface area contributed by atoms with Gasteiger partial charge in [-0.25, -0.2) is 4.98 Å². The monoisotopic (exact) mass is 163 g/mol. The van der Waals surface area contributed by atoms with Crippen molar-refractivity contribution in [1.82, 2.24) is 4.98 Å². The highest BCUT2D eigenvalue weighted by atomic mass is 16.5. The number of ether oxygens (including phenoxy) is 1. The normalized spacial score (nSPS) is 16.2. The van der Waals surface area contributed by atoms with E-state index in [-0.39, 0.29) is 0 Å². The lowest BCUT2D eigenvalue weighted by Gasteiger charge is -2.07. The Morgan fingerprint density at radius 1 is 1.50 bits per heavy atom. The molecule has 0 N–H and O–H groups in total. The second-order valence-corrected chi connectivity index (χ2v) is 3.31. The summed E-state index contributed by atoms with van der Waals surface area (Å²) in [5.41, 5.74) is 2.63. The van der Waals surface area contributed by atoms with Crippen LogP contribution in [-0.2, 0) is 0 Å². The molecule has 1 fully saturated rings. The van der Waals surface area contributed by atoms with Gasteiger partial charge in [0.15, 0.2) is 0 Å². The van der Waals surface area contributed by atoms with Crippen LogP contribution >= 0.6 is 0 Å². The third-order valence-electron chi connectivity index (χ3n) is 2.41. The van der Waals surface area contributed by atoms with E-state index in [1.165, 1.54) is 24.0 Å². The second kappa shape index (κ2) is 2.77. The molecule has 0 bridgehead atoms. The van der Waals surface area contributed by atoms with E-state index in [4.69, 9.17) is 4.74 Å². The molecule has 12 heavy (non-hydrogen) atoms. The Morgan fingerprint density at radius 2 is 2.25 bits per heavy atom. The van der Waals surface area contributed by atoms with Gasteiger partial charge in [-0.3, -0.25) is 0 Å². The fraction of sp³-hybridized carbons (Fsp3) is 0.500. The summed E-state index contributed by atoms with van der Waals surface area (Å²) in [6, 6.07) is 2.11. The van der Waals surface area contributed by atoms with Gasteiger partial charge in [0.1, 0.15) is 0 Å². The quantitative estimate of drug-likeness (QED) is 0.667. The van der Waals surface area contributed by atoms with Crippen LogP contribution < -0.4 is 4.74 Å². The first-order valence-corrected chi connectivity index (χ1v) is 4.32. The summed E-state index contributed by atoms with van der Waals surface area (Å²) >= 11 is 0. The zero-order chi connectivity index (χ0) is 8.55. The molecular weight excluding hydrogens is 150 g/mol. The third kappa shape index (κ3) is 1.17. The lowest BCUT2D eigenvalue weighted by atomic mass is 10.1. The third-order valence-corrected chi connectivity index (χ3v) is 2.41. The minimum Gasteiger partial charge on any atom is -0.481 e. The number of pyridine rings is 1. The number of aromatic nitrogens is 1. The SMILES string of the molecule is COc1nccc(C2CC2)c1C. The molecule has 1 aromatic rings. The zero-order valence-electron chi connectivity index (χ0n) is 7.50. The van der Waals surface area contributed by atoms with Gasteiger partial charge in [0, 0.05) is 11.8 Å². The molecular formula is C10H13NO. The molecule has 0 saturated heterocycles. The van der Waals surface area contributed by atoms with E-state index >= 15 is 0 Å². The first-order chi connectivity index (χ1) is 5.83. The van der Waals surface area contributed by atoms with Crippen molar-refractivity contribution in [2.45, 2.75) is 25.7 Å². The predicted octanol–water partition coefficient (Wildman–Crippen LogP) is 2.28. The number of nitrogens with zero attached hydrogens (tertiary/aromatic N) is 1. The molecule has 0 unspecified atom stereocenters. The summed E-state index contributed by atoms with van der Waals surface area (Å²) in [5.74, 6) is 1.56. The van der Waals surface area contributed by atoms with E-state index in [9.17, 15) is 0 Å². The van der Waals surface area contributed by atoms with Crippen LogP contribution in [0.25, 0.3) is 0 Å². The Kier molecular flexibility index (Phi) is 1.75. The van der Waals surface area contributed by atoms with E-state index < -0.39 is 0 Å². The summed E-state index contributed by atoms with van der Waals surface area (Å²) in [7, 11) is 1.67. The van der Waals surface area contributed by atoms with Gasteiger partial charge in [0.05, 0.1) is 7.11 Å². The van der Waals surface area contributed by atoms with Crippen LogP contribution in [0.15, 0.2) is 12.3 Å². The second-order valence-electron chi connectivity index (χ2n) is 3.31. The van der Waals surface area contributed by atoms with Crippen LogP contribution in [0.4, 0.5) is 0 Å². The van der Waals surface area contributed by atoms with Crippen molar-refractivity contribution in [3.05, 3.63) is 23.4 Å². The predicted molar refractivity (Wildman–Crippen MR) is 47.5 cm³/mol. The highest BCUT2D eigenvalue weighted by Gasteiger charge is 2.26. The molecule has 2 nitrogen and oxygen atoms in total. The molecule has 2 heteroatoms. The van der Waals surface area contributed by atoms with Crippen LogP contribution in [0.5, 0.6) is 5.88 Å². The molecule has 0 aromatic carbocycles. The van der Waals surface area contributed by atoms with Crippen molar-refractivity contribution in [2.24, 2.45) is 0 Å². The first kappa shape index (κ1) is 7.59. The topological polar surface area (TPSA) is 22.1 Å². The Labute approximate surface area is 72.6 Å². The zero-order valence-corrected chi connectivity index (χ0v) is 7.50. The number of hydrogen-bond acceptors (Lipinski definition) is 2. The minimum atomic E-state index is 0.777. The maximum Gasteiger partial charge on any atom is 0.216 e. The van der Waals surface area contributed by atoms with Crippen LogP contribution in [0.3, 0.4) is 0 Å². The summed E-state index contributed by atoms with van der Waals surface area (Å²) in [6.07, 6.45) is 4.49. The molecule has 2 rings (SSSR count). The Balaban J connectivity index is 2.40. The lowest BCUT2D eigenvalue weighted by Crippen LogP contribution is -1.94. The fourth-order valence-corrected chi connectivity index (χ4v) is 1.57. The molecule has 1 aliphatic rings. The molecule has 0 radical (unpaired) electrons. The van der Waals surface area contributed by atoms with Gasteiger partial charge in [-0.05, 0) is 37.3 Å². The molecule has 64 valence electrons. The molecule has 1 saturated carbocycles. The minimum absolute atomic E-state index is 0.777. The smallest absolute Gasteiger partial charge is 0.216 e. The van der Waals surface area contributed by atoms with Crippen molar-refractivity contribution in [3.8, 4) is 5.88 Å². The number of hydrogen-bond donors (Lipinski definition) is 0. The van der Waals surface area contributed by atoms with Crippen LogP contribution in [-0.4, -0.2) is 12.1 Å². The Hall–Kier alpha value is -1.05. The average Bonchev–Trinajstić information content (AvgIpc) is 2.88. The maximum absolute atomic E-state index is 5.15. The molecule has 1 heterocycles. The number of rotatable bonds is 2. The molecule has 0 spiro atoms. The highest BCUT2D eigenvalue weighted by molar-refractivity contribution is 5.37. The van der Waals surface area contributed by atoms with Crippen molar-refractivity contribution >= 4 is 0 Å². The summed E-state index contributed by atoms with van der Waals surface area (Å²) in [4.78, 5) is 4.15. The fourth-order valence-electron chi connectivity index (χ4n) is 1.57. The van der Waals surface area contributed by atoms with E-state index in [1.807, 2.05) is 6.20 Å². The van der Waals surface area contributed by atoms with Gasteiger partial charge in [-0.15, -0.1) is 0 Å². The van der Waals surface area contributed by atoms with Gasteiger partial charge in [-0.2, -0.15) is 0 Å². The first-order valence-electron chi connectivity index (χ1n) is 4.32. The van der Waals surface area contributed by atoms with Gasteiger partial charge >= 0.3 is 0 Å². The average molecular weight is 163 g/mol. The largest absolute Gasteiger partial charge is 0.481 e. The van der Waals surface area contributed by atoms with Gasteiger partial charge in [-0.1, -0.05) is 0 Å². The highest BCUT2D eigenvalue weighted by Crippen LogP contribution is 2.42. The van der Waals surface area contributed by atoms with Gasteiger partial charge < -0.3 is 4.74 Å². The summed E-state index contributed by atoms with van der Waals surface area (Å²) in [6.45, 7) is 2.08. The van der Waals surface area contributed by atoms with E-state index in [1.54, 1.807) is 7.11 Å². The lowest BCUT2D eigenvalue weighted by molar-refractivity contribution is 0.394. The van der Waals surface area contributed by atoms with Crippen molar-refractivity contribution < 1.29 is 4.74 Å². The molecule has 0 aliphatic heterocycles. The van der Waals surface area contributed by atoms with Crippen LogP contribution in [0, 0.1) is 6.92 Å². The van der Waals surface area contributed by atoms with E-state index in [2.05, 4.69) is 18.0 Å². The Bertz CT molecular complexity index is 292. The molecule has 0 atom stereocenters. The van der Waals surface area contributed by atoms with E-state index in [0.29, 0.717) is 0 Å². The summed E-state index contributed by atoms with van der Waals surface area (Å²) < 4.78 is 5.15. The van der Waals surface area contributed by atoms with Crippen LogP contribution in [0.2, 0.25) is 0 Å². The van der Waals surface area contributed by atoms with Crippen molar-refractivity contribution in [2.75, 3.05) is 7.11 Å². The standard InChI is InChI=1S/C10H13NO/c1-7-9(8-3-4-8)5-6-11-10(7)12-2/h5-6,8H,3-4H2,1-2H3. The molecule has 0 amide bonds. The Morgan fingerprint density at radius 3 is 2.83 bits per heavy atom. The van der Waals surface area contributed by atoms with E-state index in [0.717, 1.165) is 11.8 Å². The van der Waals surface area contributed by atoms with Crippen LogP contribution in [0.1, 0.15) is 29.9 Å².